The average Bonchev–Trinajstić information content (AvgIpc) is 2.10. The van der Waals surface area contributed by atoms with E-state index in [-0.39, 0.29) is 0 Å². The van der Waals surface area contributed by atoms with Crippen molar-refractivity contribution in [2.24, 2.45) is 5.92 Å². The van der Waals surface area contributed by atoms with Crippen LogP contribution in [0.4, 0.5) is 0 Å². The molecule has 0 N–H and O–H groups in total. The first kappa shape index (κ1) is 12.5. The second-order valence-electron chi connectivity index (χ2n) is 3.38. The Morgan fingerprint density at radius 3 is 2.38 bits per heavy atom. The standard InChI is InChI=1S/C12H19Cl/c1-5-6-7-8-9-12(13)11(4)10(2)3/h6-10H,5H2,1-4H3/b7-6+,9-8-,12-11-. The van der Waals surface area contributed by atoms with Gasteiger partial charge in [0.1, 0.15) is 0 Å². The van der Waals surface area contributed by atoms with Crippen molar-refractivity contribution in [3.05, 3.63) is 34.9 Å². The van der Waals surface area contributed by atoms with Gasteiger partial charge in [-0.1, -0.05) is 56.2 Å². The minimum atomic E-state index is 0.521. The predicted octanol–water partition coefficient (Wildman–Crippen LogP) is 4.68. The lowest BCUT2D eigenvalue weighted by atomic mass is 10.1. The van der Waals surface area contributed by atoms with E-state index in [0.717, 1.165) is 11.5 Å². The van der Waals surface area contributed by atoms with Gasteiger partial charge in [-0.3, -0.25) is 0 Å². The highest BCUT2D eigenvalue weighted by molar-refractivity contribution is 6.31. The molecule has 74 valence electrons. The van der Waals surface area contributed by atoms with Crippen molar-refractivity contribution in [2.75, 3.05) is 0 Å². The molecule has 0 radical (unpaired) electrons. The van der Waals surface area contributed by atoms with Gasteiger partial charge in [-0.25, -0.2) is 0 Å². The van der Waals surface area contributed by atoms with E-state index in [1.54, 1.807) is 0 Å². The van der Waals surface area contributed by atoms with Gasteiger partial charge < -0.3 is 0 Å². The van der Waals surface area contributed by atoms with Crippen LogP contribution in [0.3, 0.4) is 0 Å². The van der Waals surface area contributed by atoms with Gasteiger partial charge in [0.05, 0.1) is 0 Å². The summed E-state index contributed by atoms with van der Waals surface area (Å²) in [6, 6.07) is 0. The lowest BCUT2D eigenvalue weighted by molar-refractivity contribution is 0.767. The predicted molar refractivity (Wildman–Crippen MR) is 62.0 cm³/mol. The third-order valence-electron chi connectivity index (χ3n) is 1.97. The molecule has 0 bridgehead atoms. The average molecular weight is 199 g/mol. The molecule has 13 heavy (non-hydrogen) atoms. The van der Waals surface area contributed by atoms with Crippen molar-refractivity contribution >= 4 is 11.6 Å². The molecule has 0 unspecified atom stereocenters. The molecule has 0 spiro atoms. The molecule has 0 aromatic carbocycles. The maximum absolute atomic E-state index is 6.06. The smallest absolute Gasteiger partial charge is 0.0397 e. The van der Waals surface area contributed by atoms with Crippen LogP contribution in [0.15, 0.2) is 34.9 Å². The lowest BCUT2D eigenvalue weighted by Gasteiger charge is -2.05. The molecule has 0 saturated heterocycles. The van der Waals surface area contributed by atoms with Crippen molar-refractivity contribution in [3.8, 4) is 0 Å². The van der Waals surface area contributed by atoms with E-state index in [9.17, 15) is 0 Å². The fourth-order valence-electron chi connectivity index (χ4n) is 0.762. The molecule has 0 atom stereocenters. The van der Waals surface area contributed by atoms with Crippen molar-refractivity contribution < 1.29 is 0 Å². The second kappa shape index (κ2) is 6.97. The first-order chi connectivity index (χ1) is 6.09. The Morgan fingerprint density at radius 2 is 1.92 bits per heavy atom. The van der Waals surface area contributed by atoms with E-state index in [2.05, 4.69) is 33.8 Å². The van der Waals surface area contributed by atoms with Crippen LogP contribution in [0.25, 0.3) is 0 Å². The van der Waals surface area contributed by atoms with Crippen molar-refractivity contribution in [3.63, 3.8) is 0 Å². The second-order valence-corrected chi connectivity index (χ2v) is 3.79. The van der Waals surface area contributed by atoms with E-state index < -0.39 is 0 Å². The van der Waals surface area contributed by atoms with Crippen molar-refractivity contribution in [1.82, 2.24) is 0 Å². The number of rotatable bonds is 4. The molecule has 0 saturated carbocycles. The monoisotopic (exact) mass is 198 g/mol. The summed E-state index contributed by atoms with van der Waals surface area (Å²) in [6.45, 7) is 8.48. The Bertz CT molecular complexity index is 219. The largest absolute Gasteiger partial charge is 0.0848 e. The Labute approximate surface area is 87.0 Å². The quantitative estimate of drug-likeness (QED) is 0.576. The first-order valence-corrected chi connectivity index (χ1v) is 5.16. The third kappa shape index (κ3) is 5.70. The van der Waals surface area contributed by atoms with Crippen LogP contribution in [0.1, 0.15) is 34.1 Å². The summed E-state index contributed by atoms with van der Waals surface area (Å²) >= 11 is 6.06. The minimum Gasteiger partial charge on any atom is -0.0848 e. The van der Waals surface area contributed by atoms with Gasteiger partial charge in [-0.05, 0) is 25.3 Å². The first-order valence-electron chi connectivity index (χ1n) is 4.79. The number of halogens is 1. The van der Waals surface area contributed by atoms with E-state index in [4.69, 9.17) is 11.6 Å². The molecule has 0 aliphatic carbocycles. The summed E-state index contributed by atoms with van der Waals surface area (Å²) in [4.78, 5) is 0. The van der Waals surface area contributed by atoms with Gasteiger partial charge >= 0.3 is 0 Å². The van der Waals surface area contributed by atoms with Crippen LogP contribution in [-0.2, 0) is 0 Å². The van der Waals surface area contributed by atoms with Crippen molar-refractivity contribution in [1.29, 1.82) is 0 Å². The van der Waals surface area contributed by atoms with Gasteiger partial charge in [-0.15, -0.1) is 0 Å². The van der Waals surface area contributed by atoms with Crippen LogP contribution >= 0.6 is 11.6 Å². The van der Waals surface area contributed by atoms with Crippen LogP contribution < -0.4 is 0 Å². The topological polar surface area (TPSA) is 0 Å². The Kier molecular flexibility index (Phi) is 6.70. The highest BCUT2D eigenvalue weighted by Crippen LogP contribution is 2.18. The summed E-state index contributed by atoms with van der Waals surface area (Å²) in [7, 11) is 0. The molecule has 0 aromatic heterocycles. The molecule has 0 aromatic rings. The van der Waals surface area contributed by atoms with Gasteiger partial charge in [-0.2, -0.15) is 0 Å². The molecule has 0 heterocycles. The SMILES string of the molecule is CC/C=C/C=C\C(Cl)=C(/C)C(C)C. The van der Waals surface area contributed by atoms with E-state index in [1.807, 2.05) is 18.2 Å². The van der Waals surface area contributed by atoms with Crippen molar-refractivity contribution in [2.45, 2.75) is 34.1 Å². The zero-order valence-corrected chi connectivity index (χ0v) is 9.73. The molecular weight excluding hydrogens is 180 g/mol. The van der Waals surface area contributed by atoms with Crippen LogP contribution in [0.2, 0.25) is 0 Å². The summed E-state index contributed by atoms with van der Waals surface area (Å²) in [6.07, 6.45) is 9.12. The molecule has 0 rings (SSSR count). The number of hydrogen-bond acceptors (Lipinski definition) is 0. The Morgan fingerprint density at radius 1 is 1.31 bits per heavy atom. The summed E-state index contributed by atoms with van der Waals surface area (Å²) in [5, 5.41) is 0.857. The van der Waals surface area contributed by atoms with Crippen LogP contribution in [0, 0.1) is 5.92 Å². The zero-order valence-electron chi connectivity index (χ0n) is 8.97. The lowest BCUT2D eigenvalue weighted by Crippen LogP contribution is -1.89. The highest BCUT2D eigenvalue weighted by Gasteiger charge is 1.99. The Balaban J connectivity index is 4.27. The fourth-order valence-corrected chi connectivity index (χ4v) is 1.05. The summed E-state index contributed by atoms with van der Waals surface area (Å²) in [5.74, 6) is 0.521. The molecule has 0 nitrogen and oxygen atoms in total. The normalized spacial score (nSPS) is 14.6. The van der Waals surface area contributed by atoms with Gasteiger partial charge in [0.2, 0.25) is 0 Å². The third-order valence-corrected chi connectivity index (χ3v) is 2.39. The maximum Gasteiger partial charge on any atom is 0.0397 e. The molecule has 0 fully saturated rings. The fraction of sp³-hybridized carbons (Fsp3) is 0.500. The molecular formula is C12H19Cl. The van der Waals surface area contributed by atoms with Gasteiger partial charge in [0.25, 0.3) is 0 Å². The highest BCUT2D eigenvalue weighted by atomic mass is 35.5. The summed E-state index contributed by atoms with van der Waals surface area (Å²) in [5.41, 5.74) is 1.24. The maximum atomic E-state index is 6.06. The number of hydrogen-bond donors (Lipinski definition) is 0. The number of allylic oxidation sites excluding steroid dienone is 6. The van der Waals surface area contributed by atoms with Gasteiger partial charge in [0.15, 0.2) is 0 Å². The Hall–Kier alpha value is -0.490. The van der Waals surface area contributed by atoms with E-state index in [1.165, 1.54) is 5.57 Å². The van der Waals surface area contributed by atoms with Gasteiger partial charge in [0, 0.05) is 5.03 Å². The molecule has 1 heteroatoms. The van der Waals surface area contributed by atoms with E-state index >= 15 is 0 Å². The van der Waals surface area contributed by atoms with Crippen LogP contribution in [-0.4, -0.2) is 0 Å². The van der Waals surface area contributed by atoms with Crippen LogP contribution in [0.5, 0.6) is 0 Å². The molecule has 0 amide bonds. The zero-order chi connectivity index (χ0) is 10.3. The van der Waals surface area contributed by atoms with E-state index in [0.29, 0.717) is 5.92 Å². The minimum absolute atomic E-state index is 0.521. The molecule has 0 aliphatic rings. The molecule has 0 aliphatic heterocycles. The summed E-state index contributed by atoms with van der Waals surface area (Å²) < 4.78 is 0.